The Kier molecular flexibility index (Phi) is 5.84. The van der Waals surface area contributed by atoms with Gasteiger partial charge >= 0.3 is 5.97 Å². The van der Waals surface area contributed by atoms with Crippen LogP contribution in [-0.2, 0) is 20.9 Å². The molecule has 0 bridgehead atoms. The Bertz CT molecular complexity index is 875. The van der Waals surface area contributed by atoms with Gasteiger partial charge in [0.25, 0.3) is 11.8 Å². The first kappa shape index (κ1) is 19.3. The third-order valence-electron chi connectivity index (χ3n) is 4.54. The summed E-state index contributed by atoms with van der Waals surface area (Å²) in [5.74, 6) is -1.69. The number of hydrogen-bond donors (Lipinski definition) is 0. The molecule has 28 heavy (non-hydrogen) atoms. The largest absolute Gasteiger partial charge is 0.468 e. The number of fused-ring (bicyclic) bond motifs is 1. The molecule has 3 amide bonds. The molecule has 1 heterocycles. The molecule has 0 saturated carbocycles. The van der Waals surface area contributed by atoms with Gasteiger partial charge in [0.15, 0.2) is 0 Å². The summed E-state index contributed by atoms with van der Waals surface area (Å²) in [6.07, 6.45) is -0.0741. The molecule has 3 rings (SSSR count). The summed E-state index contributed by atoms with van der Waals surface area (Å²) in [4.78, 5) is 51.7. The van der Waals surface area contributed by atoms with Crippen molar-refractivity contribution in [1.82, 2.24) is 9.80 Å². The monoisotopic (exact) mass is 380 g/mol. The zero-order chi connectivity index (χ0) is 20.1. The van der Waals surface area contributed by atoms with E-state index in [1.807, 2.05) is 30.3 Å². The van der Waals surface area contributed by atoms with Crippen molar-refractivity contribution < 1.29 is 23.9 Å². The van der Waals surface area contributed by atoms with Gasteiger partial charge in [0, 0.05) is 19.5 Å². The molecule has 0 N–H and O–H groups in total. The number of ether oxygens (including phenoxy) is 1. The fourth-order valence-corrected chi connectivity index (χ4v) is 3.06. The summed E-state index contributed by atoms with van der Waals surface area (Å²) >= 11 is 0. The van der Waals surface area contributed by atoms with Gasteiger partial charge in [-0.05, 0) is 17.7 Å². The fourth-order valence-electron chi connectivity index (χ4n) is 3.06. The summed E-state index contributed by atoms with van der Waals surface area (Å²) < 4.78 is 4.67. The number of methoxy groups -OCH3 is 1. The fraction of sp³-hybridized carbons (Fsp3) is 0.238. The Hall–Kier alpha value is -3.48. The van der Waals surface area contributed by atoms with Crippen LogP contribution in [0.1, 0.15) is 32.7 Å². The van der Waals surface area contributed by atoms with Crippen molar-refractivity contribution in [3.63, 3.8) is 0 Å². The molecule has 7 heteroatoms. The first-order chi connectivity index (χ1) is 13.5. The minimum Gasteiger partial charge on any atom is -0.468 e. The van der Waals surface area contributed by atoms with Gasteiger partial charge in [0.1, 0.15) is 6.54 Å². The molecule has 0 aliphatic carbocycles. The predicted molar refractivity (Wildman–Crippen MR) is 100 cm³/mol. The van der Waals surface area contributed by atoms with Gasteiger partial charge < -0.3 is 9.64 Å². The van der Waals surface area contributed by atoms with Crippen LogP contribution in [0, 0.1) is 0 Å². The van der Waals surface area contributed by atoms with Crippen molar-refractivity contribution in [3.05, 3.63) is 71.3 Å². The second-order valence-corrected chi connectivity index (χ2v) is 6.37. The maximum atomic E-state index is 12.7. The van der Waals surface area contributed by atoms with Gasteiger partial charge in [-0.2, -0.15) is 0 Å². The van der Waals surface area contributed by atoms with Crippen LogP contribution in [0.25, 0.3) is 0 Å². The highest BCUT2D eigenvalue weighted by molar-refractivity contribution is 6.21. The lowest BCUT2D eigenvalue weighted by molar-refractivity contribution is -0.147. The predicted octanol–water partition coefficient (Wildman–Crippen LogP) is 1.87. The van der Waals surface area contributed by atoms with Crippen LogP contribution in [0.5, 0.6) is 0 Å². The molecule has 1 aliphatic rings. The van der Waals surface area contributed by atoms with Gasteiger partial charge in [-0.25, -0.2) is 0 Å². The van der Waals surface area contributed by atoms with Crippen LogP contribution in [0.3, 0.4) is 0 Å². The first-order valence-electron chi connectivity index (χ1n) is 8.85. The third-order valence-corrected chi connectivity index (χ3v) is 4.54. The van der Waals surface area contributed by atoms with Gasteiger partial charge in [-0.3, -0.25) is 24.1 Å². The number of esters is 1. The van der Waals surface area contributed by atoms with Crippen molar-refractivity contribution in [2.45, 2.75) is 13.0 Å². The molecule has 2 aromatic rings. The smallest absolute Gasteiger partial charge is 0.325 e. The van der Waals surface area contributed by atoms with E-state index in [4.69, 9.17) is 0 Å². The quantitative estimate of drug-likeness (QED) is 0.541. The van der Waals surface area contributed by atoms with E-state index < -0.39 is 17.8 Å². The number of hydrogen-bond acceptors (Lipinski definition) is 5. The van der Waals surface area contributed by atoms with Crippen molar-refractivity contribution >= 4 is 23.7 Å². The molecule has 0 unspecified atom stereocenters. The molecule has 0 saturated heterocycles. The Balaban J connectivity index is 1.67. The van der Waals surface area contributed by atoms with E-state index in [1.165, 1.54) is 12.0 Å². The standard InChI is InChI=1S/C21H20N2O5/c1-28-19(25)14-22(13-15-7-3-2-4-8-15)18(24)11-12-23-20(26)16-9-5-6-10-17(16)21(23)27/h2-10H,11-14H2,1H3. The van der Waals surface area contributed by atoms with Crippen LogP contribution in [0.4, 0.5) is 0 Å². The Labute approximate surface area is 162 Å². The average molecular weight is 380 g/mol. The van der Waals surface area contributed by atoms with Gasteiger partial charge in [0.2, 0.25) is 5.91 Å². The highest BCUT2D eigenvalue weighted by Gasteiger charge is 2.35. The van der Waals surface area contributed by atoms with E-state index in [2.05, 4.69) is 4.74 Å². The molecule has 1 aliphatic heterocycles. The van der Waals surface area contributed by atoms with Gasteiger partial charge in [-0.15, -0.1) is 0 Å². The third kappa shape index (κ3) is 4.09. The van der Waals surface area contributed by atoms with Crippen molar-refractivity contribution in [3.8, 4) is 0 Å². The van der Waals surface area contributed by atoms with Crippen molar-refractivity contribution in [1.29, 1.82) is 0 Å². The lowest BCUT2D eigenvalue weighted by atomic mass is 10.1. The Morgan fingerprint density at radius 2 is 1.50 bits per heavy atom. The number of amides is 3. The molecule has 144 valence electrons. The number of imide groups is 1. The molecular weight excluding hydrogens is 360 g/mol. The van der Waals surface area contributed by atoms with Crippen molar-refractivity contribution in [2.75, 3.05) is 20.2 Å². The number of nitrogens with zero attached hydrogens (tertiary/aromatic N) is 2. The SMILES string of the molecule is COC(=O)CN(Cc1ccccc1)C(=O)CCN1C(=O)c2ccccc2C1=O. The zero-order valence-electron chi connectivity index (χ0n) is 15.5. The summed E-state index contributed by atoms with van der Waals surface area (Å²) in [6, 6.07) is 15.8. The number of carbonyl (C=O) groups is 4. The average Bonchev–Trinajstić information content (AvgIpc) is 2.96. The highest BCUT2D eigenvalue weighted by atomic mass is 16.5. The molecule has 0 spiro atoms. The minimum atomic E-state index is -0.537. The molecule has 0 radical (unpaired) electrons. The van der Waals surface area contributed by atoms with E-state index in [0.717, 1.165) is 10.5 Å². The first-order valence-corrected chi connectivity index (χ1v) is 8.85. The van der Waals surface area contributed by atoms with Crippen LogP contribution in [-0.4, -0.2) is 53.7 Å². The van der Waals surface area contributed by atoms with E-state index in [0.29, 0.717) is 11.1 Å². The summed E-state index contributed by atoms with van der Waals surface area (Å²) in [7, 11) is 1.26. The van der Waals surface area contributed by atoms with Gasteiger partial charge in [0.05, 0.1) is 18.2 Å². The topological polar surface area (TPSA) is 84.0 Å². The number of rotatable bonds is 7. The second-order valence-electron chi connectivity index (χ2n) is 6.37. The molecular formula is C21H20N2O5. The van der Waals surface area contributed by atoms with Crippen LogP contribution < -0.4 is 0 Å². The zero-order valence-corrected chi connectivity index (χ0v) is 15.5. The van der Waals surface area contributed by atoms with E-state index in [9.17, 15) is 19.2 Å². The maximum absolute atomic E-state index is 12.7. The summed E-state index contributed by atoms with van der Waals surface area (Å²) in [6.45, 7) is -0.0130. The molecule has 0 atom stereocenters. The summed E-state index contributed by atoms with van der Waals surface area (Å²) in [5.41, 5.74) is 1.55. The Morgan fingerprint density at radius 3 is 2.07 bits per heavy atom. The van der Waals surface area contributed by atoms with E-state index in [-0.39, 0.29) is 32.0 Å². The molecule has 2 aromatic carbocycles. The lowest BCUT2D eigenvalue weighted by Gasteiger charge is -2.23. The summed E-state index contributed by atoms with van der Waals surface area (Å²) in [5, 5.41) is 0. The van der Waals surface area contributed by atoms with Gasteiger partial charge in [-0.1, -0.05) is 42.5 Å². The minimum absolute atomic E-state index is 0.0440. The molecule has 0 aromatic heterocycles. The van der Waals surface area contributed by atoms with Crippen molar-refractivity contribution in [2.24, 2.45) is 0 Å². The van der Waals surface area contributed by atoms with Crippen LogP contribution in [0.15, 0.2) is 54.6 Å². The normalized spacial score (nSPS) is 12.7. The molecule has 0 fully saturated rings. The number of carbonyl (C=O) groups excluding carboxylic acids is 4. The van der Waals surface area contributed by atoms with Crippen LogP contribution in [0.2, 0.25) is 0 Å². The number of benzene rings is 2. The maximum Gasteiger partial charge on any atom is 0.325 e. The second kappa shape index (κ2) is 8.47. The lowest BCUT2D eigenvalue weighted by Crippen LogP contribution is -2.39. The van der Waals surface area contributed by atoms with E-state index in [1.54, 1.807) is 24.3 Å². The van der Waals surface area contributed by atoms with Crippen LogP contribution >= 0.6 is 0 Å². The Morgan fingerprint density at radius 1 is 0.929 bits per heavy atom. The highest BCUT2D eigenvalue weighted by Crippen LogP contribution is 2.22. The molecule has 7 nitrogen and oxygen atoms in total. The van der Waals surface area contributed by atoms with E-state index >= 15 is 0 Å².